The molecule has 1 N–H and O–H groups in total. The molecule has 0 aliphatic rings. The molecule has 0 spiro atoms. The highest BCUT2D eigenvalue weighted by molar-refractivity contribution is 7.98. The molecule has 4 aromatic rings. The number of thioether (sulfide) groups is 1. The molecular weight excluding hydrogens is 412 g/mol. The lowest BCUT2D eigenvalue weighted by atomic mass is 10.1. The smallest absolute Gasteiger partial charge is 0.254 e. The molecule has 0 aliphatic carbocycles. The Hall–Kier alpha value is -3.46. The minimum Gasteiger partial charge on any atom is -0.419 e. The van der Waals surface area contributed by atoms with E-state index in [4.69, 9.17) is 4.42 Å². The number of rotatable bonds is 8. The van der Waals surface area contributed by atoms with Gasteiger partial charge in [-0.3, -0.25) is 9.89 Å². The molecule has 0 atom stereocenters. The number of carbonyl (C=O) groups excluding carboxylic acids is 1. The first-order valence-electron chi connectivity index (χ1n) is 9.86. The van der Waals surface area contributed by atoms with E-state index in [2.05, 4.69) is 25.4 Å². The number of nitrogens with one attached hydrogen (secondary N) is 1. The van der Waals surface area contributed by atoms with Gasteiger partial charge in [-0.25, -0.2) is 4.98 Å². The third kappa shape index (κ3) is 5.18. The number of hydrogen-bond acceptors (Lipinski definition) is 7. The van der Waals surface area contributed by atoms with Gasteiger partial charge >= 0.3 is 0 Å². The van der Waals surface area contributed by atoms with Gasteiger partial charge in [0.25, 0.3) is 5.91 Å². The molecule has 2 aromatic carbocycles. The second kappa shape index (κ2) is 9.57. The Balaban J connectivity index is 1.43. The molecule has 0 aliphatic heterocycles. The minimum atomic E-state index is -0.0797. The van der Waals surface area contributed by atoms with Crippen LogP contribution >= 0.6 is 11.8 Å². The molecule has 1 amide bonds. The zero-order valence-electron chi connectivity index (χ0n) is 17.2. The number of hydrogen-bond donors (Lipinski definition) is 1. The van der Waals surface area contributed by atoms with Crippen LogP contribution in [0.15, 0.2) is 70.5 Å². The van der Waals surface area contributed by atoms with Gasteiger partial charge in [0.05, 0.1) is 6.54 Å². The van der Waals surface area contributed by atoms with Gasteiger partial charge in [-0.15, -0.1) is 10.2 Å². The molecule has 0 fully saturated rings. The van der Waals surface area contributed by atoms with Crippen molar-refractivity contribution in [1.29, 1.82) is 0 Å². The second-order valence-electron chi connectivity index (χ2n) is 7.17. The van der Waals surface area contributed by atoms with Gasteiger partial charge in [0.2, 0.25) is 11.8 Å². The summed E-state index contributed by atoms with van der Waals surface area (Å²) in [6.07, 6.45) is 1.48. The van der Waals surface area contributed by atoms with Crippen LogP contribution in [0.2, 0.25) is 0 Å². The second-order valence-corrected chi connectivity index (χ2v) is 8.13. The topological polar surface area (TPSA) is 101 Å². The van der Waals surface area contributed by atoms with E-state index in [-0.39, 0.29) is 18.5 Å². The van der Waals surface area contributed by atoms with E-state index in [9.17, 15) is 4.79 Å². The van der Waals surface area contributed by atoms with E-state index in [0.29, 0.717) is 17.3 Å². The van der Waals surface area contributed by atoms with E-state index < -0.39 is 0 Å². The van der Waals surface area contributed by atoms with Crippen LogP contribution in [0.1, 0.15) is 35.7 Å². The summed E-state index contributed by atoms with van der Waals surface area (Å²) in [5.74, 6) is 1.51. The van der Waals surface area contributed by atoms with Gasteiger partial charge in [0.1, 0.15) is 6.33 Å². The molecule has 0 bridgehead atoms. The number of H-pyrrole nitrogens is 1. The summed E-state index contributed by atoms with van der Waals surface area (Å²) in [5, 5.41) is 15.7. The molecule has 2 heterocycles. The molecule has 0 unspecified atom stereocenters. The third-order valence-corrected chi connectivity index (χ3v) is 5.59. The Morgan fingerprint density at radius 1 is 1.10 bits per heavy atom. The Kier molecular flexibility index (Phi) is 6.42. The summed E-state index contributed by atoms with van der Waals surface area (Å²) < 4.78 is 5.79. The van der Waals surface area contributed by atoms with Crippen LogP contribution in [0.5, 0.6) is 0 Å². The Morgan fingerprint density at radius 3 is 2.55 bits per heavy atom. The number of nitrogens with zero attached hydrogens (tertiary/aromatic N) is 5. The zero-order chi connectivity index (χ0) is 21.6. The molecule has 4 rings (SSSR count). The summed E-state index contributed by atoms with van der Waals surface area (Å²) in [6.45, 7) is 4.18. The van der Waals surface area contributed by atoms with Crippen molar-refractivity contribution in [2.75, 3.05) is 0 Å². The molecule has 2 aromatic heterocycles. The average molecular weight is 435 g/mol. The molecule has 0 saturated heterocycles. The van der Waals surface area contributed by atoms with E-state index in [1.807, 2.05) is 68.4 Å². The molecule has 0 saturated carbocycles. The van der Waals surface area contributed by atoms with Crippen molar-refractivity contribution in [1.82, 2.24) is 30.3 Å². The first-order chi connectivity index (χ1) is 15.1. The normalized spacial score (nSPS) is 11.1. The number of aromatic nitrogens is 5. The molecule has 158 valence electrons. The Morgan fingerprint density at radius 2 is 1.87 bits per heavy atom. The van der Waals surface area contributed by atoms with E-state index >= 15 is 0 Å². The quantitative estimate of drug-likeness (QED) is 0.415. The summed E-state index contributed by atoms with van der Waals surface area (Å²) in [7, 11) is 0. The predicted octanol–water partition coefficient (Wildman–Crippen LogP) is 4.20. The van der Waals surface area contributed by atoms with E-state index in [0.717, 1.165) is 22.0 Å². The SMILES string of the molecule is CC(C)N(Cc1nnc(-c2ccccc2)o1)C(=O)c1ccc(CSc2ncn[nH]2)cc1. The van der Waals surface area contributed by atoms with Crippen molar-refractivity contribution in [2.24, 2.45) is 0 Å². The zero-order valence-corrected chi connectivity index (χ0v) is 18.0. The number of benzene rings is 2. The first kappa shape index (κ1) is 20.8. The average Bonchev–Trinajstić information content (AvgIpc) is 3.49. The maximum atomic E-state index is 13.1. The van der Waals surface area contributed by atoms with Crippen molar-refractivity contribution in [3.05, 3.63) is 77.9 Å². The number of amides is 1. The van der Waals surface area contributed by atoms with Gasteiger partial charge < -0.3 is 9.32 Å². The predicted molar refractivity (Wildman–Crippen MR) is 117 cm³/mol. The van der Waals surface area contributed by atoms with Crippen molar-refractivity contribution >= 4 is 17.7 Å². The van der Waals surface area contributed by atoms with E-state index in [1.54, 1.807) is 16.7 Å². The van der Waals surface area contributed by atoms with Crippen LogP contribution in [0.25, 0.3) is 11.5 Å². The van der Waals surface area contributed by atoms with Crippen LogP contribution < -0.4 is 0 Å². The summed E-state index contributed by atoms with van der Waals surface area (Å²) in [5.41, 5.74) is 2.56. The van der Waals surface area contributed by atoms with Gasteiger partial charge in [-0.05, 0) is 43.7 Å². The van der Waals surface area contributed by atoms with Crippen LogP contribution in [0.3, 0.4) is 0 Å². The van der Waals surface area contributed by atoms with Gasteiger partial charge in [-0.1, -0.05) is 42.1 Å². The van der Waals surface area contributed by atoms with Crippen molar-refractivity contribution in [3.63, 3.8) is 0 Å². The van der Waals surface area contributed by atoms with Crippen molar-refractivity contribution in [2.45, 2.75) is 37.3 Å². The van der Waals surface area contributed by atoms with E-state index in [1.165, 1.54) is 6.33 Å². The molecule has 8 nitrogen and oxygen atoms in total. The summed E-state index contributed by atoms with van der Waals surface area (Å²) >= 11 is 1.56. The minimum absolute atomic E-state index is 0.0266. The molecular formula is C22H22N6O2S. The van der Waals surface area contributed by atoms with Crippen molar-refractivity contribution in [3.8, 4) is 11.5 Å². The fraction of sp³-hybridized carbons (Fsp3) is 0.227. The summed E-state index contributed by atoms with van der Waals surface area (Å²) in [4.78, 5) is 18.9. The van der Waals surface area contributed by atoms with Crippen LogP contribution in [0.4, 0.5) is 0 Å². The Labute approximate surface area is 184 Å². The monoisotopic (exact) mass is 434 g/mol. The lowest BCUT2D eigenvalue weighted by molar-refractivity contribution is 0.0672. The molecule has 9 heteroatoms. The maximum Gasteiger partial charge on any atom is 0.254 e. The number of aromatic amines is 1. The molecule has 31 heavy (non-hydrogen) atoms. The third-order valence-electron chi connectivity index (χ3n) is 4.65. The highest BCUT2D eigenvalue weighted by atomic mass is 32.2. The highest BCUT2D eigenvalue weighted by Gasteiger charge is 2.22. The molecule has 0 radical (unpaired) electrons. The lowest BCUT2D eigenvalue weighted by Crippen LogP contribution is -2.36. The van der Waals surface area contributed by atoms with Gasteiger partial charge in [0.15, 0.2) is 5.16 Å². The first-order valence-corrected chi connectivity index (χ1v) is 10.8. The Bertz CT molecular complexity index is 1110. The number of carbonyl (C=O) groups is 1. The summed E-state index contributed by atoms with van der Waals surface area (Å²) in [6, 6.07) is 17.1. The fourth-order valence-corrected chi connectivity index (χ4v) is 3.71. The van der Waals surface area contributed by atoms with Crippen LogP contribution in [-0.4, -0.2) is 42.2 Å². The van der Waals surface area contributed by atoms with Crippen LogP contribution in [-0.2, 0) is 12.3 Å². The van der Waals surface area contributed by atoms with Gasteiger partial charge in [0, 0.05) is 22.9 Å². The lowest BCUT2D eigenvalue weighted by Gasteiger charge is -2.25. The fourth-order valence-electron chi connectivity index (χ4n) is 2.97. The largest absolute Gasteiger partial charge is 0.419 e. The maximum absolute atomic E-state index is 13.1. The van der Waals surface area contributed by atoms with Crippen LogP contribution in [0, 0.1) is 0 Å². The van der Waals surface area contributed by atoms with Crippen molar-refractivity contribution < 1.29 is 9.21 Å². The van der Waals surface area contributed by atoms with Gasteiger partial charge in [-0.2, -0.15) is 5.10 Å². The standard InChI is InChI=1S/C22H22N6O2S/c1-15(2)28(12-19-25-26-20(30-19)17-6-4-3-5-7-17)21(29)18-10-8-16(9-11-18)13-31-22-23-14-24-27-22/h3-11,14-15H,12-13H2,1-2H3,(H,23,24,27). The highest BCUT2D eigenvalue weighted by Crippen LogP contribution is 2.21.